The van der Waals surface area contributed by atoms with E-state index in [1.54, 1.807) is 23.9 Å². The Morgan fingerprint density at radius 3 is 2.35 bits per heavy atom. The van der Waals surface area contributed by atoms with Gasteiger partial charge in [0.15, 0.2) is 0 Å². The molecule has 17 heavy (non-hydrogen) atoms. The van der Waals surface area contributed by atoms with E-state index in [2.05, 4.69) is 4.72 Å². The van der Waals surface area contributed by atoms with Crippen molar-refractivity contribution in [2.75, 3.05) is 6.26 Å². The fourth-order valence-corrected chi connectivity index (χ4v) is 3.27. The summed E-state index contributed by atoms with van der Waals surface area (Å²) in [4.78, 5) is 1.39. The SMILES string of the molecule is CCC[C@H](C)NS(=O)(=O)c1ccc(SC)cc1. The summed E-state index contributed by atoms with van der Waals surface area (Å²) in [7, 11) is -3.37. The lowest BCUT2D eigenvalue weighted by atomic mass is 10.2. The van der Waals surface area contributed by atoms with Crippen LogP contribution in [-0.4, -0.2) is 20.7 Å². The number of sulfonamides is 1. The van der Waals surface area contributed by atoms with Crippen LogP contribution in [0.1, 0.15) is 26.7 Å². The molecule has 1 aromatic rings. The van der Waals surface area contributed by atoms with E-state index in [0.717, 1.165) is 17.7 Å². The Morgan fingerprint density at radius 1 is 1.29 bits per heavy atom. The van der Waals surface area contributed by atoms with Crippen LogP contribution < -0.4 is 4.72 Å². The molecule has 1 rings (SSSR count). The average molecular weight is 273 g/mol. The van der Waals surface area contributed by atoms with Crippen molar-refractivity contribution in [3.05, 3.63) is 24.3 Å². The summed E-state index contributed by atoms with van der Waals surface area (Å²) < 4.78 is 26.7. The van der Waals surface area contributed by atoms with Gasteiger partial charge in [-0.2, -0.15) is 0 Å². The molecule has 96 valence electrons. The molecule has 1 N–H and O–H groups in total. The molecule has 0 aromatic heterocycles. The number of hydrogen-bond acceptors (Lipinski definition) is 3. The van der Waals surface area contributed by atoms with Crippen molar-refractivity contribution in [2.24, 2.45) is 0 Å². The van der Waals surface area contributed by atoms with Crippen molar-refractivity contribution >= 4 is 21.8 Å². The van der Waals surface area contributed by atoms with E-state index in [1.807, 2.05) is 32.2 Å². The van der Waals surface area contributed by atoms with Crippen LogP contribution >= 0.6 is 11.8 Å². The van der Waals surface area contributed by atoms with Crippen LogP contribution in [0.2, 0.25) is 0 Å². The number of thioether (sulfide) groups is 1. The fraction of sp³-hybridized carbons (Fsp3) is 0.500. The summed E-state index contributed by atoms with van der Waals surface area (Å²) >= 11 is 1.59. The zero-order valence-corrected chi connectivity index (χ0v) is 12.1. The highest BCUT2D eigenvalue weighted by Crippen LogP contribution is 2.17. The molecule has 0 spiro atoms. The third-order valence-electron chi connectivity index (χ3n) is 2.45. The summed E-state index contributed by atoms with van der Waals surface area (Å²) in [6.45, 7) is 3.93. The largest absolute Gasteiger partial charge is 0.240 e. The predicted molar refractivity (Wildman–Crippen MR) is 72.9 cm³/mol. The summed E-state index contributed by atoms with van der Waals surface area (Å²) in [6, 6.07) is 6.91. The van der Waals surface area contributed by atoms with Crippen LogP contribution in [0, 0.1) is 0 Å². The average Bonchev–Trinajstić information content (AvgIpc) is 2.28. The molecule has 0 aliphatic carbocycles. The Labute approximate surface area is 108 Å². The Bertz CT molecular complexity index is 440. The molecule has 0 fully saturated rings. The molecule has 5 heteroatoms. The van der Waals surface area contributed by atoms with Crippen LogP contribution in [0.25, 0.3) is 0 Å². The first-order valence-electron chi connectivity index (χ1n) is 5.66. The second-order valence-corrected chi connectivity index (χ2v) is 6.58. The fourth-order valence-electron chi connectivity index (χ4n) is 1.58. The lowest BCUT2D eigenvalue weighted by molar-refractivity contribution is 0.544. The highest BCUT2D eigenvalue weighted by atomic mass is 32.2. The van der Waals surface area contributed by atoms with E-state index >= 15 is 0 Å². The smallest absolute Gasteiger partial charge is 0.208 e. The first-order chi connectivity index (χ1) is 7.99. The quantitative estimate of drug-likeness (QED) is 0.811. The molecule has 0 bridgehead atoms. The molecule has 0 saturated carbocycles. The van der Waals surface area contributed by atoms with Crippen molar-refractivity contribution < 1.29 is 8.42 Å². The van der Waals surface area contributed by atoms with E-state index in [-0.39, 0.29) is 6.04 Å². The van der Waals surface area contributed by atoms with E-state index in [9.17, 15) is 8.42 Å². The van der Waals surface area contributed by atoms with E-state index in [0.29, 0.717) is 4.90 Å². The first-order valence-corrected chi connectivity index (χ1v) is 8.36. The Balaban J connectivity index is 2.82. The van der Waals surface area contributed by atoms with Gasteiger partial charge < -0.3 is 0 Å². The van der Waals surface area contributed by atoms with E-state index in [1.165, 1.54) is 0 Å². The van der Waals surface area contributed by atoms with Gasteiger partial charge in [-0.15, -0.1) is 11.8 Å². The van der Waals surface area contributed by atoms with E-state index < -0.39 is 10.0 Å². The molecule has 3 nitrogen and oxygen atoms in total. The summed E-state index contributed by atoms with van der Waals surface area (Å²) in [5, 5.41) is 0. The molecular weight excluding hydrogens is 254 g/mol. The molecule has 1 aromatic carbocycles. The minimum absolute atomic E-state index is 0.0229. The van der Waals surface area contributed by atoms with Gasteiger partial charge in [0.25, 0.3) is 0 Å². The summed E-state index contributed by atoms with van der Waals surface area (Å²) in [5.41, 5.74) is 0. The van der Waals surface area contributed by atoms with Crippen molar-refractivity contribution in [3.8, 4) is 0 Å². The van der Waals surface area contributed by atoms with Gasteiger partial charge in [0.05, 0.1) is 4.90 Å². The minimum atomic E-state index is -3.37. The number of benzene rings is 1. The van der Waals surface area contributed by atoms with E-state index in [4.69, 9.17) is 0 Å². The van der Waals surface area contributed by atoms with Crippen molar-refractivity contribution in [1.82, 2.24) is 4.72 Å². The van der Waals surface area contributed by atoms with Gasteiger partial charge >= 0.3 is 0 Å². The Hall–Kier alpha value is -0.520. The molecule has 0 saturated heterocycles. The van der Waals surface area contributed by atoms with Gasteiger partial charge in [-0.3, -0.25) is 0 Å². The zero-order valence-electron chi connectivity index (χ0n) is 10.4. The van der Waals surface area contributed by atoms with Crippen LogP contribution in [0.5, 0.6) is 0 Å². The highest BCUT2D eigenvalue weighted by Gasteiger charge is 2.16. The first kappa shape index (κ1) is 14.5. The van der Waals surface area contributed by atoms with Gasteiger partial charge in [0, 0.05) is 10.9 Å². The van der Waals surface area contributed by atoms with Gasteiger partial charge in [0.2, 0.25) is 10.0 Å². The summed E-state index contributed by atoms with van der Waals surface area (Å²) in [5.74, 6) is 0. The molecule has 0 aliphatic rings. The molecule has 0 aliphatic heterocycles. The third kappa shape index (κ3) is 4.33. The number of nitrogens with one attached hydrogen (secondary N) is 1. The third-order valence-corrected chi connectivity index (χ3v) is 4.80. The predicted octanol–water partition coefficient (Wildman–Crippen LogP) is 2.88. The second-order valence-electron chi connectivity index (χ2n) is 3.99. The maximum Gasteiger partial charge on any atom is 0.240 e. The molecule has 0 unspecified atom stereocenters. The Kier molecular flexibility index (Phi) is 5.49. The number of hydrogen-bond donors (Lipinski definition) is 1. The van der Waals surface area contributed by atoms with Gasteiger partial charge in [0.1, 0.15) is 0 Å². The zero-order chi connectivity index (χ0) is 12.9. The lowest BCUT2D eigenvalue weighted by Gasteiger charge is -2.13. The normalized spacial score (nSPS) is 13.6. The Morgan fingerprint density at radius 2 is 1.88 bits per heavy atom. The van der Waals surface area contributed by atoms with Gasteiger partial charge in [-0.25, -0.2) is 13.1 Å². The molecule has 0 radical (unpaired) electrons. The minimum Gasteiger partial charge on any atom is -0.208 e. The van der Waals surface area contributed by atoms with Crippen molar-refractivity contribution in [3.63, 3.8) is 0 Å². The summed E-state index contributed by atoms with van der Waals surface area (Å²) in [6.07, 6.45) is 3.78. The van der Waals surface area contributed by atoms with Crippen LogP contribution in [0.15, 0.2) is 34.1 Å². The lowest BCUT2D eigenvalue weighted by Crippen LogP contribution is -2.32. The van der Waals surface area contributed by atoms with Crippen molar-refractivity contribution in [1.29, 1.82) is 0 Å². The molecule has 1 atom stereocenters. The number of rotatable bonds is 6. The molecular formula is C12H19NO2S2. The topological polar surface area (TPSA) is 46.2 Å². The standard InChI is InChI=1S/C12H19NO2S2/c1-4-5-10(2)13-17(14,15)12-8-6-11(16-3)7-9-12/h6-10,13H,4-5H2,1-3H3/t10-/m0/s1. The van der Waals surface area contributed by atoms with Crippen LogP contribution in [0.4, 0.5) is 0 Å². The van der Waals surface area contributed by atoms with Crippen molar-refractivity contribution in [2.45, 2.75) is 42.5 Å². The molecule has 0 amide bonds. The maximum atomic E-state index is 12.0. The maximum absolute atomic E-state index is 12.0. The van der Waals surface area contributed by atoms with Crippen LogP contribution in [0.3, 0.4) is 0 Å². The van der Waals surface area contributed by atoms with Gasteiger partial charge in [-0.05, 0) is 43.9 Å². The second kappa shape index (κ2) is 6.42. The van der Waals surface area contributed by atoms with Gasteiger partial charge in [-0.1, -0.05) is 13.3 Å². The highest BCUT2D eigenvalue weighted by molar-refractivity contribution is 7.98. The van der Waals surface area contributed by atoms with Crippen LogP contribution in [-0.2, 0) is 10.0 Å². The molecule has 0 heterocycles. The monoisotopic (exact) mass is 273 g/mol.